The van der Waals surface area contributed by atoms with Crippen LogP contribution in [0, 0.1) is 11.3 Å². The number of benzene rings is 1. The summed E-state index contributed by atoms with van der Waals surface area (Å²) in [4.78, 5) is 6.91. The second kappa shape index (κ2) is 5.74. The minimum Gasteiger partial charge on any atom is -0.369 e. The highest BCUT2D eigenvalue weighted by Crippen LogP contribution is 2.25. The van der Waals surface area contributed by atoms with Gasteiger partial charge in [-0.15, -0.1) is 0 Å². The van der Waals surface area contributed by atoms with Crippen LogP contribution >= 0.6 is 0 Å². The van der Waals surface area contributed by atoms with Crippen LogP contribution in [0.3, 0.4) is 0 Å². The van der Waals surface area contributed by atoms with Crippen LogP contribution in [0.25, 0.3) is 11.0 Å². The zero-order valence-corrected chi connectivity index (χ0v) is 12.4. The van der Waals surface area contributed by atoms with E-state index in [1.54, 1.807) is 6.07 Å². The zero-order chi connectivity index (χ0) is 14.8. The van der Waals surface area contributed by atoms with Gasteiger partial charge in [-0.3, -0.25) is 0 Å². The molecule has 0 aliphatic carbocycles. The van der Waals surface area contributed by atoms with E-state index < -0.39 is 0 Å². The summed E-state index contributed by atoms with van der Waals surface area (Å²) in [6.07, 6.45) is 3.91. The number of anilines is 1. The van der Waals surface area contributed by atoms with E-state index in [0.29, 0.717) is 11.5 Å². The molecule has 2 aromatic rings. The van der Waals surface area contributed by atoms with Gasteiger partial charge in [-0.2, -0.15) is 5.26 Å². The molecule has 1 aliphatic heterocycles. The Morgan fingerprint density at radius 2 is 2.10 bits per heavy atom. The molecule has 0 bridgehead atoms. The van der Waals surface area contributed by atoms with Crippen molar-refractivity contribution in [3.63, 3.8) is 0 Å². The number of rotatable bonds is 3. The van der Waals surface area contributed by atoms with Crippen LogP contribution in [-0.2, 0) is 0 Å². The third-order valence-corrected chi connectivity index (χ3v) is 4.26. The zero-order valence-electron chi connectivity index (χ0n) is 12.4. The molecule has 1 aromatic carbocycles. The molecule has 1 atom stereocenters. The normalized spacial score (nSPS) is 17.7. The molecule has 2 N–H and O–H groups in total. The highest BCUT2D eigenvalue weighted by atomic mass is 15.2. The van der Waals surface area contributed by atoms with Crippen LogP contribution in [-0.4, -0.2) is 34.1 Å². The van der Waals surface area contributed by atoms with Crippen LogP contribution in [0.1, 0.15) is 37.8 Å². The van der Waals surface area contributed by atoms with Gasteiger partial charge in [-0.25, -0.2) is 4.98 Å². The molecule has 0 amide bonds. The Morgan fingerprint density at radius 1 is 1.33 bits per heavy atom. The van der Waals surface area contributed by atoms with Crippen LogP contribution in [0.15, 0.2) is 18.2 Å². The number of nitrogen functional groups attached to an aromatic ring is 1. The van der Waals surface area contributed by atoms with E-state index in [0.717, 1.165) is 17.6 Å². The number of hydrogen-bond donors (Lipinski definition) is 1. The smallest absolute Gasteiger partial charge is 0.201 e. The summed E-state index contributed by atoms with van der Waals surface area (Å²) < 4.78 is 2.06. The second-order valence-electron chi connectivity index (χ2n) is 5.87. The molecule has 5 heteroatoms. The SMILES string of the molecule is CC(CN1CCCCC1)n1c(N)nc2ccc(C#N)cc21. The molecule has 3 rings (SSSR count). The minimum absolute atomic E-state index is 0.252. The van der Waals surface area contributed by atoms with Crippen molar-refractivity contribution in [2.24, 2.45) is 0 Å². The Kier molecular flexibility index (Phi) is 3.80. The van der Waals surface area contributed by atoms with Gasteiger partial charge in [0, 0.05) is 12.6 Å². The Hall–Kier alpha value is -2.06. The summed E-state index contributed by atoms with van der Waals surface area (Å²) in [5.41, 5.74) is 8.56. The number of nitrogens with zero attached hydrogens (tertiary/aromatic N) is 4. The van der Waals surface area contributed by atoms with Crippen molar-refractivity contribution in [3.05, 3.63) is 23.8 Å². The number of piperidine rings is 1. The lowest BCUT2D eigenvalue weighted by atomic mass is 10.1. The van der Waals surface area contributed by atoms with E-state index in [9.17, 15) is 0 Å². The van der Waals surface area contributed by atoms with Gasteiger partial charge in [-0.05, 0) is 51.1 Å². The number of likely N-dealkylation sites (tertiary alicyclic amines) is 1. The number of aromatic nitrogens is 2. The summed E-state index contributed by atoms with van der Waals surface area (Å²) in [5.74, 6) is 0.532. The predicted octanol–water partition coefficient (Wildman–Crippen LogP) is 2.54. The minimum atomic E-state index is 0.252. The molecule has 110 valence electrons. The van der Waals surface area contributed by atoms with Crippen molar-refractivity contribution in [1.82, 2.24) is 14.5 Å². The lowest BCUT2D eigenvalue weighted by Gasteiger charge is -2.30. The van der Waals surface area contributed by atoms with Crippen LogP contribution in [0.2, 0.25) is 0 Å². The first-order chi connectivity index (χ1) is 10.2. The van der Waals surface area contributed by atoms with E-state index in [4.69, 9.17) is 11.0 Å². The molecule has 1 fully saturated rings. The fourth-order valence-corrected chi connectivity index (χ4v) is 3.24. The predicted molar refractivity (Wildman–Crippen MR) is 83.9 cm³/mol. The maximum absolute atomic E-state index is 9.08. The Balaban J connectivity index is 1.91. The van der Waals surface area contributed by atoms with Gasteiger partial charge in [0.15, 0.2) is 0 Å². The molecular weight excluding hydrogens is 262 g/mol. The molecule has 21 heavy (non-hydrogen) atoms. The lowest BCUT2D eigenvalue weighted by molar-refractivity contribution is 0.204. The molecule has 1 saturated heterocycles. The van der Waals surface area contributed by atoms with Crippen LogP contribution in [0.4, 0.5) is 5.95 Å². The van der Waals surface area contributed by atoms with E-state index in [1.165, 1.54) is 32.4 Å². The quantitative estimate of drug-likeness (QED) is 0.939. The molecular formula is C16H21N5. The highest BCUT2D eigenvalue weighted by Gasteiger charge is 2.18. The first-order valence-corrected chi connectivity index (χ1v) is 7.59. The summed E-state index contributed by atoms with van der Waals surface area (Å²) in [6, 6.07) is 7.97. The monoisotopic (exact) mass is 283 g/mol. The number of nitrogens with two attached hydrogens (primary N) is 1. The van der Waals surface area contributed by atoms with Crippen molar-refractivity contribution in [3.8, 4) is 6.07 Å². The summed E-state index contributed by atoms with van der Waals surface area (Å²) >= 11 is 0. The fourth-order valence-electron chi connectivity index (χ4n) is 3.24. The van der Waals surface area contributed by atoms with E-state index in [2.05, 4.69) is 27.4 Å². The lowest BCUT2D eigenvalue weighted by Crippen LogP contribution is -2.34. The van der Waals surface area contributed by atoms with Crippen molar-refractivity contribution in [2.45, 2.75) is 32.2 Å². The third-order valence-electron chi connectivity index (χ3n) is 4.26. The van der Waals surface area contributed by atoms with Crippen LogP contribution < -0.4 is 5.73 Å². The number of nitriles is 1. The van der Waals surface area contributed by atoms with E-state index in [1.807, 2.05) is 12.1 Å². The van der Waals surface area contributed by atoms with Gasteiger partial charge in [0.1, 0.15) is 0 Å². The van der Waals surface area contributed by atoms with E-state index >= 15 is 0 Å². The van der Waals surface area contributed by atoms with Gasteiger partial charge >= 0.3 is 0 Å². The third kappa shape index (κ3) is 2.72. The highest BCUT2D eigenvalue weighted by molar-refractivity contribution is 5.80. The number of imidazole rings is 1. The molecule has 1 unspecified atom stereocenters. The average molecular weight is 283 g/mol. The number of fused-ring (bicyclic) bond motifs is 1. The Bertz CT molecular complexity index is 676. The standard InChI is InChI=1S/C16H21N5/c1-12(11-20-7-3-2-4-8-20)21-15-9-13(10-17)5-6-14(15)19-16(21)18/h5-6,9,12H,2-4,7-8,11H2,1H3,(H2,18,19). The second-order valence-corrected chi connectivity index (χ2v) is 5.87. The molecule has 0 radical (unpaired) electrons. The van der Waals surface area contributed by atoms with Crippen molar-refractivity contribution < 1.29 is 0 Å². The summed E-state index contributed by atoms with van der Waals surface area (Å²) in [5, 5.41) is 9.08. The van der Waals surface area contributed by atoms with Crippen LogP contribution in [0.5, 0.6) is 0 Å². The topological polar surface area (TPSA) is 70.9 Å². The van der Waals surface area contributed by atoms with Crippen molar-refractivity contribution >= 4 is 17.0 Å². The summed E-state index contributed by atoms with van der Waals surface area (Å²) in [7, 11) is 0. The molecule has 5 nitrogen and oxygen atoms in total. The first kappa shape index (κ1) is 13.9. The molecule has 1 aliphatic rings. The van der Waals surface area contributed by atoms with Crippen molar-refractivity contribution in [1.29, 1.82) is 5.26 Å². The molecule has 2 heterocycles. The summed E-state index contributed by atoms with van der Waals surface area (Å²) in [6.45, 7) is 5.48. The average Bonchev–Trinajstić information content (AvgIpc) is 2.83. The number of hydrogen-bond acceptors (Lipinski definition) is 4. The van der Waals surface area contributed by atoms with Gasteiger partial charge in [0.25, 0.3) is 0 Å². The fraction of sp³-hybridized carbons (Fsp3) is 0.500. The van der Waals surface area contributed by atoms with Gasteiger partial charge < -0.3 is 15.2 Å². The Labute approximate surface area is 125 Å². The maximum Gasteiger partial charge on any atom is 0.201 e. The maximum atomic E-state index is 9.08. The Morgan fingerprint density at radius 3 is 2.81 bits per heavy atom. The van der Waals surface area contributed by atoms with E-state index in [-0.39, 0.29) is 6.04 Å². The molecule has 1 aromatic heterocycles. The molecule has 0 spiro atoms. The first-order valence-electron chi connectivity index (χ1n) is 7.59. The largest absolute Gasteiger partial charge is 0.369 e. The molecule has 0 saturated carbocycles. The van der Waals surface area contributed by atoms with Crippen molar-refractivity contribution in [2.75, 3.05) is 25.4 Å². The van der Waals surface area contributed by atoms with Gasteiger partial charge in [0.05, 0.1) is 22.7 Å². The van der Waals surface area contributed by atoms with Gasteiger partial charge in [0.2, 0.25) is 5.95 Å². The van der Waals surface area contributed by atoms with Gasteiger partial charge in [-0.1, -0.05) is 6.42 Å².